The lowest BCUT2D eigenvalue weighted by atomic mass is 10.1. The zero-order valence-corrected chi connectivity index (χ0v) is 12.6. The van der Waals surface area contributed by atoms with Gasteiger partial charge in [0.05, 0.1) is 11.4 Å². The molecule has 0 saturated carbocycles. The average molecular weight is 293 g/mol. The second kappa shape index (κ2) is 7.41. The second-order valence-electron chi connectivity index (χ2n) is 5.62. The first-order valence-electron chi connectivity index (χ1n) is 7.69. The number of anilines is 2. The average Bonchev–Trinajstić information content (AvgIpc) is 2.89. The van der Waals surface area contributed by atoms with Gasteiger partial charge in [0.1, 0.15) is 5.82 Å². The summed E-state index contributed by atoms with van der Waals surface area (Å²) in [7, 11) is 0. The lowest BCUT2D eigenvalue weighted by Crippen LogP contribution is -2.30. The fourth-order valence-corrected chi connectivity index (χ4v) is 2.95. The van der Waals surface area contributed by atoms with E-state index in [2.05, 4.69) is 17.1 Å². The van der Waals surface area contributed by atoms with Crippen molar-refractivity contribution < 1.29 is 9.18 Å². The van der Waals surface area contributed by atoms with Crippen LogP contribution in [-0.4, -0.2) is 29.9 Å². The summed E-state index contributed by atoms with van der Waals surface area (Å²) in [5.41, 5.74) is 6.41. The summed E-state index contributed by atoms with van der Waals surface area (Å²) in [5, 5.41) is 2.74. The molecule has 5 heteroatoms. The van der Waals surface area contributed by atoms with Gasteiger partial charge >= 0.3 is 0 Å². The molecule has 0 spiro atoms. The summed E-state index contributed by atoms with van der Waals surface area (Å²) in [6.45, 7) is 4.32. The third-order valence-electron chi connectivity index (χ3n) is 4.11. The highest BCUT2D eigenvalue weighted by Crippen LogP contribution is 2.21. The molecule has 21 heavy (non-hydrogen) atoms. The molecule has 0 aromatic heterocycles. The number of hydrogen-bond donors (Lipinski definition) is 2. The van der Waals surface area contributed by atoms with E-state index in [4.69, 9.17) is 5.73 Å². The van der Waals surface area contributed by atoms with E-state index in [9.17, 15) is 9.18 Å². The zero-order chi connectivity index (χ0) is 15.2. The van der Waals surface area contributed by atoms with E-state index in [0.29, 0.717) is 18.2 Å². The Morgan fingerprint density at radius 2 is 2.33 bits per heavy atom. The van der Waals surface area contributed by atoms with Crippen LogP contribution < -0.4 is 11.1 Å². The number of nitrogens with zero attached hydrogens (tertiary/aromatic N) is 1. The van der Waals surface area contributed by atoms with Crippen LogP contribution in [0.2, 0.25) is 0 Å². The van der Waals surface area contributed by atoms with Gasteiger partial charge in [-0.15, -0.1) is 0 Å². The quantitative estimate of drug-likeness (QED) is 0.793. The van der Waals surface area contributed by atoms with E-state index in [1.807, 2.05) is 0 Å². The molecule has 1 unspecified atom stereocenters. The largest absolute Gasteiger partial charge is 0.397 e. The van der Waals surface area contributed by atoms with Gasteiger partial charge in [0.2, 0.25) is 5.91 Å². The Kier molecular flexibility index (Phi) is 5.56. The minimum atomic E-state index is -0.398. The van der Waals surface area contributed by atoms with E-state index < -0.39 is 5.82 Å². The Labute approximate surface area is 125 Å². The maximum Gasteiger partial charge on any atom is 0.224 e. The normalized spacial score (nSPS) is 18.9. The van der Waals surface area contributed by atoms with Crippen LogP contribution in [0.1, 0.15) is 39.0 Å². The van der Waals surface area contributed by atoms with Gasteiger partial charge in [-0.25, -0.2) is 4.39 Å². The first-order valence-corrected chi connectivity index (χ1v) is 7.69. The Morgan fingerprint density at radius 3 is 3.05 bits per heavy atom. The number of carbonyl (C=O) groups is 1. The molecule has 1 aromatic rings. The minimum Gasteiger partial charge on any atom is -0.397 e. The first kappa shape index (κ1) is 15.8. The standard InChI is InChI=1S/C16H24FN3O/c1-2-13-5-3-9-20(13)10-4-6-16(21)19-15-8-7-12(17)11-14(15)18/h7-8,11,13H,2-6,9-10,18H2,1H3,(H,19,21). The van der Waals surface area contributed by atoms with Crippen molar-refractivity contribution in [3.63, 3.8) is 0 Å². The molecule has 4 nitrogen and oxygen atoms in total. The molecule has 1 aliphatic rings. The molecule has 2 rings (SSSR count). The summed E-state index contributed by atoms with van der Waals surface area (Å²) < 4.78 is 12.9. The topological polar surface area (TPSA) is 58.4 Å². The van der Waals surface area contributed by atoms with Crippen LogP contribution in [0, 0.1) is 5.82 Å². The van der Waals surface area contributed by atoms with Gasteiger partial charge in [0, 0.05) is 12.5 Å². The Bertz CT molecular complexity index is 492. The fraction of sp³-hybridized carbons (Fsp3) is 0.562. The Balaban J connectivity index is 1.75. The van der Waals surface area contributed by atoms with Crippen LogP contribution in [-0.2, 0) is 4.79 Å². The van der Waals surface area contributed by atoms with Crippen molar-refractivity contribution >= 4 is 17.3 Å². The van der Waals surface area contributed by atoms with Crippen LogP contribution in [0.15, 0.2) is 18.2 Å². The lowest BCUT2D eigenvalue weighted by molar-refractivity contribution is -0.116. The molecule has 3 N–H and O–H groups in total. The molecule has 0 bridgehead atoms. The number of nitrogens with one attached hydrogen (secondary N) is 1. The molecule has 1 saturated heterocycles. The number of carbonyl (C=O) groups excluding carboxylic acids is 1. The van der Waals surface area contributed by atoms with Crippen molar-refractivity contribution in [1.82, 2.24) is 4.90 Å². The van der Waals surface area contributed by atoms with Crippen molar-refractivity contribution in [2.24, 2.45) is 0 Å². The molecular formula is C16H24FN3O. The maximum absolute atomic E-state index is 12.9. The summed E-state index contributed by atoms with van der Waals surface area (Å²) in [4.78, 5) is 14.4. The first-order chi connectivity index (χ1) is 10.1. The molecule has 1 fully saturated rings. The number of amides is 1. The lowest BCUT2D eigenvalue weighted by Gasteiger charge is -2.22. The minimum absolute atomic E-state index is 0.0689. The van der Waals surface area contributed by atoms with Crippen molar-refractivity contribution in [2.45, 2.75) is 45.1 Å². The highest BCUT2D eigenvalue weighted by atomic mass is 19.1. The molecule has 1 heterocycles. The van der Waals surface area contributed by atoms with Gasteiger partial charge in [-0.05, 0) is 57.0 Å². The monoisotopic (exact) mass is 293 g/mol. The third kappa shape index (κ3) is 4.43. The number of nitrogen functional groups attached to an aromatic ring is 1. The summed E-state index contributed by atoms with van der Waals surface area (Å²) in [6.07, 6.45) is 5.01. The van der Waals surface area contributed by atoms with Crippen LogP contribution in [0.4, 0.5) is 15.8 Å². The number of nitrogens with two attached hydrogens (primary N) is 1. The summed E-state index contributed by atoms with van der Waals surface area (Å²) >= 11 is 0. The molecule has 1 aromatic carbocycles. The number of benzene rings is 1. The van der Waals surface area contributed by atoms with Gasteiger partial charge in [0.25, 0.3) is 0 Å². The highest BCUT2D eigenvalue weighted by Gasteiger charge is 2.22. The molecule has 0 aliphatic carbocycles. The Morgan fingerprint density at radius 1 is 1.52 bits per heavy atom. The van der Waals surface area contributed by atoms with E-state index in [1.165, 1.54) is 37.5 Å². The summed E-state index contributed by atoms with van der Waals surface area (Å²) in [6, 6.07) is 4.69. The predicted octanol–water partition coefficient (Wildman–Crippen LogP) is 3.00. The second-order valence-corrected chi connectivity index (χ2v) is 5.62. The van der Waals surface area contributed by atoms with Crippen molar-refractivity contribution in [3.8, 4) is 0 Å². The molecule has 116 valence electrons. The predicted molar refractivity (Wildman–Crippen MR) is 83.6 cm³/mol. The van der Waals surface area contributed by atoms with Crippen LogP contribution in [0.3, 0.4) is 0 Å². The van der Waals surface area contributed by atoms with Crippen LogP contribution in [0.5, 0.6) is 0 Å². The number of likely N-dealkylation sites (tertiary alicyclic amines) is 1. The Hall–Kier alpha value is -1.62. The SMILES string of the molecule is CCC1CCCN1CCCC(=O)Nc1ccc(F)cc1N. The molecular weight excluding hydrogens is 269 g/mol. The number of hydrogen-bond acceptors (Lipinski definition) is 3. The zero-order valence-electron chi connectivity index (χ0n) is 12.6. The van der Waals surface area contributed by atoms with Gasteiger partial charge in [-0.2, -0.15) is 0 Å². The van der Waals surface area contributed by atoms with Crippen molar-refractivity contribution in [2.75, 3.05) is 24.1 Å². The van der Waals surface area contributed by atoms with Crippen LogP contribution in [0.25, 0.3) is 0 Å². The van der Waals surface area contributed by atoms with Gasteiger partial charge < -0.3 is 16.0 Å². The number of rotatable bonds is 6. The van der Waals surface area contributed by atoms with Gasteiger partial charge in [-0.1, -0.05) is 6.92 Å². The van der Waals surface area contributed by atoms with Gasteiger partial charge in [-0.3, -0.25) is 4.79 Å². The highest BCUT2D eigenvalue weighted by molar-refractivity contribution is 5.93. The molecule has 1 amide bonds. The summed E-state index contributed by atoms with van der Waals surface area (Å²) in [5.74, 6) is -0.467. The molecule has 0 radical (unpaired) electrons. The fourth-order valence-electron chi connectivity index (χ4n) is 2.95. The van der Waals surface area contributed by atoms with E-state index in [0.717, 1.165) is 19.5 Å². The van der Waals surface area contributed by atoms with Crippen molar-refractivity contribution in [1.29, 1.82) is 0 Å². The third-order valence-corrected chi connectivity index (χ3v) is 4.11. The van der Waals surface area contributed by atoms with E-state index >= 15 is 0 Å². The van der Waals surface area contributed by atoms with E-state index in [-0.39, 0.29) is 11.6 Å². The van der Waals surface area contributed by atoms with Crippen molar-refractivity contribution in [3.05, 3.63) is 24.0 Å². The number of halogens is 1. The maximum atomic E-state index is 12.9. The van der Waals surface area contributed by atoms with E-state index in [1.54, 1.807) is 0 Å². The molecule has 1 aliphatic heterocycles. The van der Waals surface area contributed by atoms with Gasteiger partial charge in [0.15, 0.2) is 0 Å². The van der Waals surface area contributed by atoms with Crippen LogP contribution >= 0.6 is 0 Å². The molecule has 1 atom stereocenters. The smallest absolute Gasteiger partial charge is 0.224 e.